The van der Waals surface area contributed by atoms with Crippen molar-refractivity contribution >= 4 is 29.1 Å². The van der Waals surface area contributed by atoms with E-state index in [2.05, 4.69) is 50.3 Å². The normalized spacial score (nSPS) is 24.3. The molecule has 2 N–H and O–H groups in total. The maximum Gasteiger partial charge on any atom is 0.255 e. The number of rotatable bonds is 8. The summed E-state index contributed by atoms with van der Waals surface area (Å²) in [7, 11) is 1.68. The Morgan fingerprint density at radius 1 is 0.850 bits per heavy atom. The molecular weight excluding hydrogens is 762 g/mol. The fourth-order valence-corrected chi connectivity index (χ4v) is 11.0. The second-order valence-electron chi connectivity index (χ2n) is 17.5. The average Bonchev–Trinajstić information content (AvgIpc) is 3.58. The van der Waals surface area contributed by atoms with E-state index in [9.17, 15) is 19.5 Å². The van der Waals surface area contributed by atoms with Gasteiger partial charge in [0, 0.05) is 68.8 Å². The van der Waals surface area contributed by atoms with Crippen molar-refractivity contribution in [3.8, 4) is 17.2 Å². The van der Waals surface area contributed by atoms with Crippen LogP contribution >= 0.6 is 0 Å². The number of phenols is 1. The Labute approximate surface area is 350 Å². The molecule has 0 spiro atoms. The number of carbonyl (C=O) groups excluding carboxylic acids is 3. The molecular formula is C48H52FN5O6. The lowest BCUT2D eigenvalue weighted by molar-refractivity contribution is -0.136. The maximum absolute atomic E-state index is 16.4. The zero-order chi connectivity index (χ0) is 41.1. The highest BCUT2D eigenvalue weighted by Crippen LogP contribution is 2.50. The minimum atomic E-state index is -0.641. The van der Waals surface area contributed by atoms with Crippen molar-refractivity contribution in [1.82, 2.24) is 15.1 Å². The van der Waals surface area contributed by atoms with E-state index in [1.807, 2.05) is 30.3 Å². The quantitative estimate of drug-likeness (QED) is 0.197. The van der Waals surface area contributed by atoms with Gasteiger partial charge in [0.05, 0.1) is 24.5 Å². The van der Waals surface area contributed by atoms with Gasteiger partial charge in [-0.2, -0.15) is 0 Å². The van der Waals surface area contributed by atoms with Crippen molar-refractivity contribution in [3.63, 3.8) is 0 Å². The number of anilines is 2. The lowest BCUT2D eigenvalue weighted by atomic mass is 9.69. The number of fused-ring (bicyclic) bond motifs is 5. The number of nitrogens with zero attached hydrogens (tertiary/aromatic N) is 4. The molecule has 6 aliphatic rings. The van der Waals surface area contributed by atoms with Gasteiger partial charge >= 0.3 is 0 Å². The van der Waals surface area contributed by atoms with Crippen LogP contribution in [0, 0.1) is 11.7 Å². The van der Waals surface area contributed by atoms with Gasteiger partial charge in [0.2, 0.25) is 11.8 Å². The fourth-order valence-electron chi connectivity index (χ4n) is 11.0. The first kappa shape index (κ1) is 38.6. The number of aromatic hydroxyl groups is 1. The van der Waals surface area contributed by atoms with E-state index in [4.69, 9.17) is 9.47 Å². The van der Waals surface area contributed by atoms with E-state index < -0.39 is 11.9 Å². The van der Waals surface area contributed by atoms with E-state index in [1.54, 1.807) is 24.1 Å². The topological polar surface area (TPSA) is 115 Å². The number of amides is 3. The first-order valence-electron chi connectivity index (χ1n) is 21.6. The van der Waals surface area contributed by atoms with Crippen LogP contribution in [0.25, 0.3) is 0 Å². The van der Waals surface area contributed by atoms with Gasteiger partial charge in [0.15, 0.2) is 0 Å². The van der Waals surface area contributed by atoms with Crippen LogP contribution in [-0.4, -0.2) is 97.7 Å². The number of hydrogen-bond acceptors (Lipinski definition) is 9. The molecule has 4 aromatic carbocycles. The third kappa shape index (κ3) is 7.02. The zero-order valence-electron chi connectivity index (χ0n) is 34.1. The molecule has 0 bridgehead atoms. The molecule has 11 nitrogen and oxygen atoms in total. The lowest BCUT2D eigenvalue weighted by Crippen LogP contribution is -2.57. The maximum atomic E-state index is 16.4. The number of piperidine rings is 2. The van der Waals surface area contributed by atoms with Crippen LogP contribution in [0.2, 0.25) is 0 Å². The molecule has 4 aromatic rings. The number of phenolic OH excluding ortho intramolecular Hbond substituents is 1. The Balaban J connectivity index is 0.765. The van der Waals surface area contributed by atoms with Crippen LogP contribution in [0.5, 0.6) is 17.2 Å². The van der Waals surface area contributed by atoms with Gasteiger partial charge < -0.3 is 29.3 Å². The molecule has 312 valence electrons. The van der Waals surface area contributed by atoms with Gasteiger partial charge in [-0.15, -0.1) is 0 Å². The summed E-state index contributed by atoms with van der Waals surface area (Å²) in [5, 5.41) is 12.7. The Kier molecular flexibility index (Phi) is 10.1. The second-order valence-corrected chi connectivity index (χ2v) is 17.5. The summed E-state index contributed by atoms with van der Waals surface area (Å²) in [4.78, 5) is 46.4. The Morgan fingerprint density at radius 3 is 2.48 bits per heavy atom. The molecule has 0 unspecified atom stereocenters. The summed E-state index contributed by atoms with van der Waals surface area (Å²) in [5.41, 5.74) is 7.35. The number of ether oxygens (including phenoxy) is 2. The largest absolute Gasteiger partial charge is 0.508 e. The minimum Gasteiger partial charge on any atom is -0.508 e. The van der Waals surface area contributed by atoms with E-state index in [-0.39, 0.29) is 47.7 Å². The lowest BCUT2D eigenvalue weighted by Gasteiger charge is -2.46. The molecule has 0 radical (unpaired) electrons. The Bertz CT molecular complexity index is 2330. The van der Waals surface area contributed by atoms with Crippen LogP contribution in [0.3, 0.4) is 0 Å². The SMILES string of the molecule is COc1cc(N2CCC(CCN3CCN4c5cc6c(cc5OC[C@@H]4C3)C(=O)N([C@H]3CCC(=O)NC3=O)C6)CC2)c(F)cc1[C@@H]1c2ccc(O)cc2CC[C@@H]1c1ccccc1. The third-order valence-corrected chi connectivity index (χ3v) is 14.2. The Hall–Kier alpha value is -5.62. The van der Waals surface area contributed by atoms with E-state index in [0.29, 0.717) is 48.2 Å². The molecule has 60 heavy (non-hydrogen) atoms. The van der Waals surface area contributed by atoms with Crippen molar-refractivity contribution < 1.29 is 33.4 Å². The van der Waals surface area contributed by atoms with Gasteiger partial charge in [0.1, 0.15) is 35.7 Å². The zero-order valence-corrected chi connectivity index (χ0v) is 34.1. The van der Waals surface area contributed by atoms with Crippen LogP contribution in [0.4, 0.5) is 15.8 Å². The number of benzene rings is 4. The van der Waals surface area contributed by atoms with Crippen LogP contribution in [0.15, 0.2) is 72.8 Å². The molecule has 5 aliphatic heterocycles. The molecule has 0 aromatic heterocycles. The molecule has 0 saturated carbocycles. The first-order chi connectivity index (χ1) is 29.2. The summed E-state index contributed by atoms with van der Waals surface area (Å²) in [6.07, 6.45) is 5.39. The number of piperazine rings is 1. The molecule has 12 heteroatoms. The fraction of sp³-hybridized carbons (Fsp3) is 0.438. The highest BCUT2D eigenvalue weighted by Gasteiger charge is 2.42. The number of nitrogens with one attached hydrogen (secondary N) is 1. The summed E-state index contributed by atoms with van der Waals surface area (Å²) in [6, 6.07) is 23.1. The van der Waals surface area contributed by atoms with Crippen LogP contribution < -0.4 is 24.6 Å². The minimum absolute atomic E-state index is 0.109. The van der Waals surface area contributed by atoms with Crippen molar-refractivity contribution in [2.75, 3.05) is 62.8 Å². The van der Waals surface area contributed by atoms with E-state index >= 15 is 4.39 Å². The van der Waals surface area contributed by atoms with Gasteiger partial charge in [-0.1, -0.05) is 36.4 Å². The van der Waals surface area contributed by atoms with Gasteiger partial charge in [0.25, 0.3) is 5.91 Å². The molecule has 4 atom stereocenters. The highest BCUT2D eigenvalue weighted by atomic mass is 19.1. The molecule has 5 heterocycles. The number of methoxy groups -OCH3 is 1. The number of halogens is 1. The second kappa shape index (κ2) is 15.8. The van der Waals surface area contributed by atoms with Crippen molar-refractivity contribution in [3.05, 3.63) is 112 Å². The number of hydrogen-bond donors (Lipinski definition) is 2. The smallest absolute Gasteiger partial charge is 0.255 e. The monoisotopic (exact) mass is 813 g/mol. The van der Waals surface area contributed by atoms with Crippen molar-refractivity contribution in [1.29, 1.82) is 0 Å². The predicted molar refractivity (Wildman–Crippen MR) is 226 cm³/mol. The summed E-state index contributed by atoms with van der Waals surface area (Å²) in [5.74, 6) is 1.15. The van der Waals surface area contributed by atoms with Gasteiger partial charge in [-0.3, -0.25) is 24.6 Å². The number of imide groups is 1. The first-order valence-corrected chi connectivity index (χ1v) is 21.6. The van der Waals surface area contributed by atoms with Gasteiger partial charge in [-0.05, 0) is 109 Å². The van der Waals surface area contributed by atoms with E-state index in [1.165, 1.54) is 5.56 Å². The highest BCUT2D eigenvalue weighted by molar-refractivity contribution is 6.06. The molecule has 10 rings (SSSR count). The summed E-state index contributed by atoms with van der Waals surface area (Å²) >= 11 is 0. The molecule has 3 fully saturated rings. The van der Waals surface area contributed by atoms with Crippen molar-refractivity contribution in [2.24, 2.45) is 5.92 Å². The third-order valence-electron chi connectivity index (χ3n) is 14.2. The predicted octanol–water partition coefficient (Wildman–Crippen LogP) is 6.35. The van der Waals surface area contributed by atoms with Gasteiger partial charge in [-0.25, -0.2) is 4.39 Å². The molecule has 3 amide bonds. The van der Waals surface area contributed by atoms with Crippen LogP contribution in [-0.2, 0) is 22.6 Å². The summed E-state index contributed by atoms with van der Waals surface area (Å²) < 4.78 is 28.7. The molecule has 1 aliphatic carbocycles. The molecule has 3 saturated heterocycles. The average molecular weight is 814 g/mol. The summed E-state index contributed by atoms with van der Waals surface area (Å²) in [6.45, 7) is 6.16. The van der Waals surface area contributed by atoms with Crippen LogP contribution in [0.1, 0.15) is 88.5 Å². The van der Waals surface area contributed by atoms with E-state index in [0.717, 1.165) is 99.3 Å². The number of aryl methyl sites for hydroxylation is 1. The standard InChI is InChI=1S/C48H52FN5O6/c1-59-43-25-41(39(49)23-38(43)46-35(30-5-3-2-4-6-30)9-7-31-21-34(55)8-10-36(31)46)52-17-14-29(15-18-52)13-16-51-19-20-53-33(27-51)28-60-44-24-37-32(22-42(44)53)26-54(48(37)58)40-11-12-45(56)50-47(40)57/h2-6,8,10,21-25,29,33,35,40,46,55H,7,9,11-20,26-28H2,1H3,(H,50,56,57)/t33-,35+,40-,46-/m0/s1. The number of carbonyl (C=O) groups is 3. The van der Waals surface area contributed by atoms with Crippen molar-refractivity contribution in [2.45, 2.75) is 75.4 Å². The Morgan fingerprint density at radius 2 is 1.68 bits per heavy atom.